The van der Waals surface area contributed by atoms with Crippen LogP contribution in [-0.4, -0.2) is 29.6 Å². The van der Waals surface area contributed by atoms with Crippen LogP contribution < -0.4 is 10.1 Å². The van der Waals surface area contributed by atoms with E-state index in [4.69, 9.17) is 9.84 Å². The monoisotopic (exact) mass is 311 g/mol. The summed E-state index contributed by atoms with van der Waals surface area (Å²) >= 11 is 0. The molecule has 1 heterocycles. The minimum atomic E-state index is -0.951. The zero-order valence-corrected chi connectivity index (χ0v) is 12.5. The first kappa shape index (κ1) is 15.1. The van der Waals surface area contributed by atoms with E-state index in [2.05, 4.69) is 5.32 Å². The first-order chi connectivity index (χ1) is 11.1. The lowest BCUT2D eigenvalue weighted by molar-refractivity contribution is -0.127. The van der Waals surface area contributed by atoms with Crippen molar-refractivity contribution in [2.75, 3.05) is 6.54 Å². The van der Waals surface area contributed by atoms with Gasteiger partial charge in [-0.1, -0.05) is 30.3 Å². The van der Waals surface area contributed by atoms with Crippen LogP contribution in [0.2, 0.25) is 0 Å². The molecule has 0 unspecified atom stereocenters. The van der Waals surface area contributed by atoms with Gasteiger partial charge in [-0.05, 0) is 35.7 Å². The van der Waals surface area contributed by atoms with E-state index in [9.17, 15) is 9.59 Å². The van der Waals surface area contributed by atoms with Crippen molar-refractivity contribution in [3.63, 3.8) is 0 Å². The second-order valence-electron chi connectivity index (χ2n) is 5.46. The minimum Gasteiger partial charge on any atom is -0.480 e. The fourth-order valence-electron chi connectivity index (χ4n) is 2.63. The third-order valence-corrected chi connectivity index (χ3v) is 3.83. The molecule has 1 amide bonds. The Hall–Kier alpha value is -2.82. The molecule has 5 nitrogen and oxygen atoms in total. The van der Waals surface area contributed by atoms with E-state index in [1.807, 2.05) is 30.3 Å². The van der Waals surface area contributed by atoms with Gasteiger partial charge in [0.25, 0.3) is 5.91 Å². The van der Waals surface area contributed by atoms with Crippen LogP contribution in [0.5, 0.6) is 5.75 Å². The van der Waals surface area contributed by atoms with Gasteiger partial charge in [-0.2, -0.15) is 0 Å². The van der Waals surface area contributed by atoms with Crippen molar-refractivity contribution in [2.45, 2.75) is 18.9 Å². The molecular formula is C18H17NO4. The van der Waals surface area contributed by atoms with Gasteiger partial charge in [0.1, 0.15) is 5.75 Å². The summed E-state index contributed by atoms with van der Waals surface area (Å²) in [5.41, 5.74) is 2.17. The Labute approximate surface area is 133 Å². The highest BCUT2D eigenvalue weighted by molar-refractivity contribution is 5.87. The second kappa shape index (κ2) is 6.52. The number of fused-ring (bicyclic) bond motifs is 1. The Morgan fingerprint density at radius 2 is 2.00 bits per heavy atom. The van der Waals surface area contributed by atoms with Gasteiger partial charge in [0.2, 0.25) is 0 Å². The van der Waals surface area contributed by atoms with Crippen LogP contribution in [0.15, 0.2) is 48.5 Å². The van der Waals surface area contributed by atoms with E-state index in [0.717, 1.165) is 16.9 Å². The number of benzene rings is 2. The topological polar surface area (TPSA) is 75.6 Å². The molecule has 0 aromatic heterocycles. The zero-order chi connectivity index (χ0) is 16.2. The molecule has 0 saturated heterocycles. The first-order valence-electron chi connectivity index (χ1n) is 7.48. The van der Waals surface area contributed by atoms with Crippen molar-refractivity contribution >= 4 is 11.9 Å². The maximum absolute atomic E-state index is 12.1. The molecule has 1 aliphatic heterocycles. The van der Waals surface area contributed by atoms with Crippen molar-refractivity contribution in [1.82, 2.24) is 5.32 Å². The summed E-state index contributed by atoms with van der Waals surface area (Å²) in [4.78, 5) is 23.1. The van der Waals surface area contributed by atoms with E-state index in [1.165, 1.54) is 0 Å². The number of amides is 1. The highest BCUT2D eigenvalue weighted by atomic mass is 16.5. The molecule has 0 aliphatic carbocycles. The lowest BCUT2D eigenvalue weighted by atomic mass is 10.1. The number of carbonyl (C=O) groups excluding carboxylic acids is 1. The number of carboxylic acid groups (broad SMARTS) is 1. The van der Waals surface area contributed by atoms with Crippen LogP contribution >= 0.6 is 0 Å². The van der Waals surface area contributed by atoms with Gasteiger partial charge in [0.05, 0.1) is 5.56 Å². The second-order valence-corrected chi connectivity index (χ2v) is 5.46. The number of nitrogens with one attached hydrogen (secondary N) is 1. The lowest BCUT2D eigenvalue weighted by Gasteiger charge is -2.11. The molecular weight excluding hydrogens is 294 g/mol. The van der Waals surface area contributed by atoms with Crippen LogP contribution in [0, 0.1) is 0 Å². The molecule has 2 aromatic rings. The molecule has 0 fully saturated rings. The number of hydrogen-bond donors (Lipinski definition) is 2. The van der Waals surface area contributed by atoms with Crippen molar-refractivity contribution in [3.8, 4) is 5.75 Å². The summed E-state index contributed by atoms with van der Waals surface area (Å²) in [5.74, 6) is -0.328. The Morgan fingerprint density at radius 3 is 2.78 bits per heavy atom. The SMILES string of the molecule is O=C(O)c1cccc(CCNC(=O)[C@@H]2Cc3ccccc3O2)c1. The van der Waals surface area contributed by atoms with Crippen LogP contribution in [-0.2, 0) is 17.6 Å². The largest absolute Gasteiger partial charge is 0.480 e. The number of hydrogen-bond acceptors (Lipinski definition) is 3. The number of rotatable bonds is 5. The summed E-state index contributed by atoms with van der Waals surface area (Å²) in [6.07, 6.45) is 0.668. The predicted molar refractivity (Wildman–Crippen MR) is 84.7 cm³/mol. The third kappa shape index (κ3) is 3.51. The quantitative estimate of drug-likeness (QED) is 0.886. The molecule has 1 aliphatic rings. The fraction of sp³-hybridized carbons (Fsp3) is 0.222. The highest BCUT2D eigenvalue weighted by Crippen LogP contribution is 2.28. The van der Waals surface area contributed by atoms with Crippen molar-refractivity contribution in [3.05, 3.63) is 65.2 Å². The standard InChI is InChI=1S/C18H17NO4/c20-17(16-11-13-5-1-2-7-15(13)23-16)19-9-8-12-4-3-6-14(10-12)18(21)22/h1-7,10,16H,8-9,11H2,(H,19,20)(H,21,22)/t16-/m0/s1. The van der Waals surface area contributed by atoms with E-state index in [0.29, 0.717) is 19.4 Å². The molecule has 2 N–H and O–H groups in total. The van der Waals surface area contributed by atoms with Crippen LogP contribution in [0.1, 0.15) is 21.5 Å². The Morgan fingerprint density at radius 1 is 1.17 bits per heavy atom. The predicted octanol–water partition coefficient (Wildman–Crippen LogP) is 2.05. The number of aromatic carboxylic acids is 1. The summed E-state index contributed by atoms with van der Waals surface area (Å²) in [6.45, 7) is 0.443. The van der Waals surface area contributed by atoms with E-state index >= 15 is 0 Å². The van der Waals surface area contributed by atoms with E-state index < -0.39 is 12.1 Å². The van der Waals surface area contributed by atoms with Crippen molar-refractivity contribution in [1.29, 1.82) is 0 Å². The minimum absolute atomic E-state index is 0.143. The van der Waals surface area contributed by atoms with Gasteiger partial charge in [-0.25, -0.2) is 4.79 Å². The Balaban J connectivity index is 1.51. The van der Waals surface area contributed by atoms with Gasteiger partial charge in [-0.3, -0.25) is 4.79 Å². The number of carboxylic acids is 1. The highest BCUT2D eigenvalue weighted by Gasteiger charge is 2.28. The maximum atomic E-state index is 12.1. The average Bonchev–Trinajstić information content (AvgIpc) is 2.99. The molecule has 5 heteroatoms. The van der Waals surface area contributed by atoms with Crippen molar-refractivity contribution in [2.24, 2.45) is 0 Å². The zero-order valence-electron chi connectivity index (χ0n) is 12.5. The molecule has 23 heavy (non-hydrogen) atoms. The van der Waals surface area contributed by atoms with Gasteiger partial charge in [0, 0.05) is 13.0 Å². The molecule has 0 spiro atoms. The number of ether oxygens (including phenoxy) is 1. The number of carbonyl (C=O) groups is 2. The van der Waals surface area contributed by atoms with Gasteiger partial charge >= 0.3 is 5.97 Å². The normalized spacial score (nSPS) is 15.6. The van der Waals surface area contributed by atoms with Gasteiger partial charge in [-0.15, -0.1) is 0 Å². The molecule has 1 atom stereocenters. The van der Waals surface area contributed by atoms with Gasteiger partial charge in [0.15, 0.2) is 6.10 Å². The molecule has 2 aromatic carbocycles. The summed E-state index contributed by atoms with van der Waals surface area (Å²) in [7, 11) is 0. The lowest BCUT2D eigenvalue weighted by Crippen LogP contribution is -2.38. The molecule has 3 rings (SSSR count). The van der Waals surface area contributed by atoms with Crippen LogP contribution in [0.4, 0.5) is 0 Å². The van der Waals surface area contributed by atoms with Crippen LogP contribution in [0.3, 0.4) is 0 Å². The third-order valence-electron chi connectivity index (χ3n) is 3.83. The number of para-hydroxylation sites is 1. The molecule has 118 valence electrons. The van der Waals surface area contributed by atoms with Crippen LogP contribution in [0.25, 0.3) is 0 Å². The summed E-state index contributed by atoms with van der Waals surface area (Å²) in [6, 6.07) is 14.4. The molecule has 0 saturated carbocycles. The smallest absolute Gasteiger partial charge is 0.335 e. The molecule has 0 bridgehead atoms. The van der Waals surface area contributed by atoms with Crippen molar-refractivity contribution < 1.29 is 19.4 Å². The Bertz CT molecular complexity index is 716. The maximum Gasteiger partial charge on any atom is 0.335 e. The summed E-state index contributed by atoms with van der Waals surface area (Å²) in [5, 5.41) is 11.8. The fourth-order valence-corrected chi connectivity index (χ4v) is 2.63. The first-order valence-corrected chi connectivity index (χ1v) is 7.48. The summed E-state index contributed by atoms with van der Waals surface area (Å²) < 4.78 is 5.63. The van der Waals surface area contributed by atoms with E-state index in [-0.39, 0.29) is 11.5 Å². The molecule has 0 radical (unpaired) electrons. The van der Waals surface area contributed by atoms with Gasteiger partial charge < -0.3 is 15.2 Å². The average molecular weight is 311 g/mol. The Kier molecular flexibility index (Phi) is 4.28. The van der Waals surface area contributed by atoms with E-state index in [1.54, 1.807) is 18.2 Å².